The van der Waals surface area contributed by atoms with Crippen LogP contribution in [0, 0.1) is 11.8 Å². The average Bonchev–Trinajstić information content (AvgIpc) is 2.92. The Morgan fingerprint density at radius 3 is 2.85 bits per heavy atom. The topological polar surface area (TPSA) is 23.5 Å². The van der Waals surface area contributed by atoms with E-state index >= 15 is 0 Å². The van der Waals surface area contributed by atoms with Gasteiger partial charge < -0.3 is 5.11 Å². The molecule has 1 N–H and O–H groups in total. The van der Waals surface area contributed by atoms with Crippen molar-refractivity contribution >= 4 is 11.3 Å². The molecule has 3 heteroatoms. The molecule has 0 aliphatic carbocycles. The number of fused-ring (bicyclic) bond motifs is 1. The van der Waals surface area contributed by atoms with Crippen LogP contribution in [-0.2, 0) is 19.5 Å². The minimum Gasteiger partial charge on any atom is -0.384 e. The quantitative estimate of drug-likeness (QED) is 0.857. The van der Waals surface area contributed by atoms with Gasteiger partial charge in [0.05, 0.1) is 4.88 Å². The summed E-state index contributed by atoms with van der Waals surface area (Å²) in [6, 6.07) is 12.9. The van der Waals surface area contributed by atoms with Gasteiger partial charge in [-0.3, -0.25) is 4.90 Å². The molecule has 102 valence electrons. The lowest BCUT2D eigenvalue weighted by atomic mass is 10.00. The molecule has 2 nitrogen and oxygen atoms in total. The molecular formula is C17H17NOS. The first kappa shape index (κ1) is 13.4. The maximum Gasteiger partial charge on any atom is 0.104 e. The summed E-state index contributed by atoms with van der Waals surface area (Å²) in [5.74, 6) is 5.66. The minimum absolute atomic E-state index is 0.0733. The number of rotatable bonds is 2. The molecule has 1 aromatic carbocycles. The highest BCUT2D eigenvalue weighted by Crippen LogP contribution is 2.23. The third-order valence-electron chi connectivity index (χ3n) is 3.54. The molecule has 0 fully saturated rings. The van der Waals surface area contributed by atoms with Gasteiger partial charge in [-0.25, -0.2) is 0 Å². The minimum atomic E-state index is -0.0733. The van der Waals surface area contributed by atoms with Crippen LogP contribution in [0.25, 0.3) is 0 Å². The Hall–Kier alpha value is -1.60. The summed E-state index contributed by atoms with van der Waals surface area (Å²) in [7, 11) is 0. The second-order valence-electron chi connectivity index (χ2n) is 4.96. The van der Waals surface area contributed by atoms with Gasteiger partial charge in [-0.15, -0.1) is 11.3 Å². The monoisotopic (exact) mass is 283 g/mol. The zero-order chi connectivity index (χ0) is 13.8. The van der Waals surface area contributed by atoms with Gasteiger partial charge in [0.2, 0.25) is 0 Å². The molecule has 0 radical (unpaired) electrons. The first-order chi connectivity index (χ1) is 9.85. The highest BCUT2D eigenvalue weighted by atomic mass is 32.1. The highest BCUT2D eigenvalue weighted by Gasteiger charge is 2.16. The molecule has 3 rings (SSSR count). The van der Waals surface area contributed by atoms with E-state index in [1.165, 1.54) is 16.0 Å². The second kappa shape index (κ2) is 6.23. The van der Waals surface area contributed by atoms with Gasteiger partial charge in [-0.2, -0.15) is 0 Å². The zero-order valence-corrected chi connectivity index (χ0v) is 12.1. The molecule has 0 bridgehead atoms. The molecule has 2 aromatic rings. The number of nitrogens with zero attached hydrogens (tertiary/aromatic N) is 1. The predicted octanol–water partition coefficient (Wildman–Crippen LogP) is 2.65. The fourth-order valence-electron chi connectivity index (χ4n) is 2.57. The number of aliphatic hydroxyl groups is 1. The molecule has 1 aliphatic rings. The van der Waals surface area contributed by atoms with Gasteiger partial charge in [-0.1, -0.05) is 36.1 Å². The highest BCUT2D eigenvalue weighted by molar-refractivity contribution is 7.12. The Balaban J connectivity index is 1.66. The molecule has 2 heterocycles. The van der Waals surface area contributed by atoms with Gasteiger partial charge in [-0.05, 0) is 29.7 Å². The largest absolute Gasteiger partial charge is 0.384 e. The van der Waals surface area contributed by atoms with Gasteiger partial charge >= 0.3 is 0 Å². The summed E-state index contributed by atoms with van der Waals surface area (Å²) in [5.41, 5.74) is 2.94. The van der Waals surface area contributed by atoms with Gasteiger partial charge in [0.15, 0.2) is 0 Å². The van der Waals surface area contributed by atoms with E-state index in [4.69, 9.17) is 5.11 Å². The van der Waals surface area contributed by atoms with Crippen LogP contribution in [0.4, 0.5) is 0 Å². The van der Waals surface area contributed by atoms with Crippen LogP contribution in [-0.4, -0.2) is 23.2 Å². The molecular weight excluding hydrogens is 266 g/mol. The third kappa shape index (κ3) is 3.10. The van der Waals surface area contributed by atoms with Crippen LogP contribution in [0.15, 0.2) is 36.4 Å². The fourth-order valence-corrected chi connectivity index (χ4v) is 3.49. The summed E-state index contributed by atoms with van der Waals surface area (Å²) in [5, 5.41) is 8.71. The third-order valence-corrected chi connectivity index (χ3v) is 4.53. The van der Waals surface area contributed by atoms with E-state index < -0.39 is 0 Å². The zero-order valence-electron chi connectivity index (χ0n) is 11.3. The Bertz CT molecular complexity index is 650. The van der Waals surface area contributed by atoms with E-state index in [1.807, 2.05) is 6.07 Å². The fraction of sp³-hybridized carbons (Fsp3) is 0.294. The van der Waals surface area contributed by atoms with Crippen molar-refractivity contribution in [1.82, 2.24) is 4.90 Å². The molecule has 0 saturated heterocycles. The van der Waals surface area contributed by atoms with E-state index in [0.29, 0.717) is 0 Å². The molecule has 0 saturated carbocycles. The van der Waals surface area contributed by atoms with E-state index in [2.05, 4.69) is 47.1 Å². The van der Waals surface area contributed by atoms with Crippen molar-refractivity contribution in [3.05, 3.63) is 57.3 Å². The number of aliphatic hydroxyl groups excluding tert-OH is 1. The molecule has 1 aromatic heterocycles. The van der Waals surface area contributed by atoms with Crippen LogP contribution in [0.3, 0.4) is 0 Å². The van der Waals surface area contributed by atoms with Gasteiger partial charge in [0.25, 0.3) is 0 Å². The Labute approximate surface area is 123 Å². The SMILES string of the molecule is OCC#Cc1ccc(CN2CCc3ccccc3C2)s1. The number of hydrogen-bond acceptors (Lipinski definition) is 3. The lowest BCUT2D eigenvalue weighted by Gasteiger charge is -2.28. The van der Waals surface area contributed by atoms with Crippen molar-refractivity contribution < 1.29 is 5.11 Å². The van der Waals surface area contributed by atoms with Crippen molar-refractivity contribution in [3.8, 4) is 11.8 Å². The van der Waals surface area contributed by atoms with Crippen LogP contribution < -0.4 is 0 Å². The van der Waals surface area contributed by atoms with Crippen LogP contribution in [0.5, 0.6) is 0 Å². The van der Waals surface area contributed by atoms with Gasteiger partial charge in [0, 0.05) is 24.5 Å². The molecule has 0 unspecified atom stereocenters. The van der Waals surface area contributed by atoms with Crippen molar-refractivity contribution in [1.29, 1.82) is 0 Å². The van der Waals surface area contributed by atoms with E-state index in [1.54, 1.807) is 11.3 Å². The van der Waals surface area contributed by atoms with Crippen LogP contribution in [0.2, 0.25) is 0 Å². The predicted molar refractivity (Wildman–Crippen MR) is 82.5 cm³/mol. The summed E-state index contributed by atoms with van der Waals surface area (Å²) in [6.07, 6.45) is 1.14. The maximum absolute atomic E-state index is 8.71. The summed E-state index contributed by atoms with van der Waals surface area (Å²) < 4.78 is 0. The van der Waals surface area contributed by atoms with Gasteiger partial charge in [0.1, 0.15) is 6.61 Å². The van der Waals surface area contributed by atoms with E-state index in [-0.39, 0.29) is 6.61 Å². The summed E-state index contributed by atoms with van der Waals surface area (Å²) in [6.45, 7) is 3.06. The normalized spacial score (nSPS) is 14.4. The number of benzene rings is 1. The maximum atomic E-state index is 8.71. The number of thiophene rings is 1. The second-order valence-corrected chi connectivity index (χ2v) is 6.12. The molecule has 0 atom stereocenters. The summed E-state index contributed by atoms with van der Waals surface area (Å²) in [4.78, 5) is 4.86. The smallest absolute Gasteiger partial charge is 0.104 e. The van der Waals surface area contributed by atoms with Crippen LogP contribution in [0.1, 0.15) is 20.9 Å². The molecule has 0 spiro atoms. The van der Waals surface area contributed by atoms with Crippen molar-refractivity contribution in [2.45, 2.75) is 19.5 Å². The Morgan fingerprint density at radius 1 is 1.15 bits per heavy atom. The van der Waals surface area contributed by atoms with E-state index in [9.17, 15) is 0 Å². The average molecular weight is 283 g/mol. The van der Waals surface area contributed by atoms with Crippen molar-refractivity contribution in [2.24, 2.45) is 0 Å². The molecule has 0 amide bonds. The van der Waals surface area contributed by atoms with E-state index in [0.717, 1.165) is 30.9 Å². The first-order valence-corrected chi connectivity index (χ1v) is 7.64. The molecule has 1 aliphatic heterocycles. The van der Waals surface area contributed by atoms with Crippen LogP contribution >= 0.6 is 11.3 Å². The number of hydrogen-bond donors (Lipinski definition) is 1. The van der Waals surface area contributed by atoms with Crippen molar-refractivity contribution in [3.63, 3.8) is 0 Å². The Morgan fingerprint density at radius 2 is 2.00 bits per heavy atom. The van der Waals surface area contributed by atoms with Crippen molar-refractivity contribution in [2.75, 3.05) is 13.2 Å². The summed E-state index contributed by atoms with van der Waals surface area (Å²) >= 11 is 1.72. The lowest BCUT2D eigenvalue weighted by Crippen LogP contribution is -2.29. The lowest BCUT2D eigenvalue weighted by molar-refractivity contribution is 0.248. The Kier molecular flexibility index (Phi) is 4.17. The molecule has 20 heavy (non-hydrogen) atoms. The first-order valence-electron chi connectivity index (χ1n) is 6.83. The standard InChI is InChI=1S/C17H17NOS/c19-11-3-6-16-7-8-17(20-16)13-18-10-9-14-4-1-2-5-15(14)12-18/h1-2,4-5,7-8,19H,9-13H2.